The Hall–Kier alpha value is -1.84. The van der Waals surface area contributed by atoms with Gasteiger partial charge in [0.2, 0.25) is 0 Å². The Bertz CT molecular complexity index is 561. The first-order valence-electron chi connectivity index (χ1n) is 6.36. The molecule has 1 aromatic heterocycles. The lowest BCUT2D eigenvalue weighted by molar-refractivity contribution is -0.144. The fourth-order valence-corrected chi connectivity index (χ4v) is 2.41. The summed E-state index contributed by atoms with van der Waals surface area (Å²) in [5.74, 6) is 0. The minimum atomic E-state index is -4.23. The predicted octanol–water partition coefficient (Wildman–Crippen LogP) is 4.65. The Kier molecular flexibility index (Phi) is 3.84. The summed E-state index contributed by atoms with van der Waals surface area (Å²) in [4.78, 5) is 3.88. The summed E-state index contributed by atoms with van der Waals surface area (Å²) in [5.41, 5.74) is 1.20. The van der Waals surface area contributed by atoms with E-state index >= 15 is 0 Å². The molecule has 0 N–H and O–H groups in total. The van der Waals surface area contributed by atoms with E-state index in [1.165, 1.54) is 12.4 Å². The number of rotatable bonds is 3. The molecule has 0 aliphatic carbocycles. The SMILES string of the molecule is Cc1ccc(C(C)(CC(F)(F)F)c2ccncc2)cc1. The summed E-state index contributed by atoms with van der Waals surface area (Å²) in [6.07, 6.45) is -2.08. The van der Waals surface area contributed by atoms with Crippen LogP contribution in [0.5, 0.6) is 0 Å². The predicted molar refractivity (Wildman–Crippen MR) is 72.5 cm³/mol. The third kappa shape index (κ3) is 3.18. The number of alkyl halides is 3. The Labute approximate surface area is 116 Å². The first-order chi connectivity index (χ1) is 9.31. The van der Waals surface area contributed by atoms with Gasteiger partial charge in [-0.25, -0.2) is 0 Å². The van der Waals surface area contributed by atoms with Gasteiger partial charge in [-0.05, 0) is 30.2 Å². The lowest BCUT2D eigenvalue weighted by Crippen LogP contribution is -2.30. The maximum Gasteiger partial charge on any atom is 0.390 e. The zero-order valence-electron chi connectivity index (χ0n) is 11.4. The van der Waals surface area contributed by atoms with Crippen LogP contribution in [-0.2, 0) is 5.41 Å². The molecule has 0 spiro atoms. The molecule has 0 aliphatic heterocycles. The van der Waals surface area contributed by atoms with Crippen molar-refractivity contribution in [3.05, 3.63) is 65.5 Å². The Morgan fingerprint density at radius 2 is 1.40 bits per heavy atom. The smallest absolute Gasteiger partial charge is 0.265 e. The van der Waals surface area contributed by atoms with Crippen molar-refractivity contribution >= 4 is 0 Å². The molecule has 0 saturated heterocycles. The normalized spacial score (nSPS) is 14.8. The summed E-state index contributed by atoms with van der Waals surface area (Å²) in [6, 6.07) is 10.5. The summed E-state index contributed by atoms with van der Waals surface area (Å²) < 4.78 is 39.0. The van der Waals surface area contributed by atoms with Crippen molar-refractivity contribution in [2.24, 2.45) is 0 Å². The summed E-state index contributed by atoms with van der Waals surface area (Å²) in [7, 11) is 0. The first-order valence-corrected chi connectivity index (χ1v) is 6.36. The maximum atomic E-state index is 13.0. The van der Waals surface area contributed by atoms with E-state index in [0.717, 1.165) is 5.56 Å². The fourth-order valence-electron chi connectivity index (χ4n) is 2.41. The Morgan fingerprint density at radius 1 is 0.900 bits per heavy atom. The number of aryl methyl sites for hydroxylation is 1. The highest BCUT2D eigenvalue weighted by Crippen LogP contribution is 2.41. The van der Waals surface area contributed by atoms with Gasteiger partial charge in [0.25, 0.3) is 0 Å². The lowest BCUT2D eigenvalue weighted by Gasteiger charge is -2.32. The van der Waals surface area contributed by atoms with Gasteiger partial charge in [-0.3, -0.25) is 4.98 Å². The van der Waals surface area contributed by atoms with Gasteiger partial charge >= 0.3 is 6.18 Å². The van der Waals surface area contributed by atoms with Gasteiger partial charge in [0.1, 0.15) is 0 Å². The molecule has 0 fully saturated rings. The van der Waals surface area contributed by atoms with Crippen molar-refractivity contribution in [1.82, 2.24) is 4.98 Å². The van der Waals surface area contributed by atoms with Crippen molar-refractivity contribution in [2.45, 2.75) is 31.9 Å². The number of nitrogens with zero attached hydrogens (tertiary/aromatic N) is 1. The maximum absolute atomic E-state index is 13.0. The molecule has 2 rings (SSSR count). The zero-order valence-corrected chi connectivity index (χ0v) is 11.4. The average molecular weight is 279 g/mol. The fraction of sp³-hybridized carbons (Fsp3) is 0.312. The standard InChI is InChI=1S/C16H16F3N/c1-12-3-5-13(6-4-12)15(2,11-16(17,18)19)14-7-9-20-10-8-14/h3-10H,11H2,1-2H3. The highest BCUT2D eigenvalue weighted by atomic mass is 19.4. The van der Waals surface area contributed by atoms with Crippen LogP contribution in [0.25, 0.3) is 0 Å². The van der Waals surface area contributed by atoms with Crippen LogP contribution in [0.4, 0.5) is 13.2 Å². The van der Waals surface area contributed by atoms with E-state index in [-0.39, 0.29) is 0 Å². The minimum absolute atomic E-state index is 0.619. The average Bonchev–Trinajstić information content (AvgIpc) is 2.38. The van der Waals surface area contributed by atoms with Crippen molar-refractivity contribution in [3.63, 3.8) is 0 Å². The van der Waals surface area contributed by atoms with Gasteiger partial charge in [0.05, 0.1) is 6.42 Å². The number of pyridine rings is 1. The van der Waals surface area contributed by atoms with E-state index < -0.39 is 18.0 Å². The molecule has 1 atom stereocenters. The molecular weight excluding hydrogens is 263 g/mol. The van der Waals surface area contributed by atoms with E-state index in [2.05, 4.69) is 4.98 Å². The van der Waals surface area contributed by atoms with Crippen LogP contribution in [0.1, 0.15) is 30.0 Å². The van der Waals surface area contributed by atoms with Crippen molar-refractivity contribution < 1.29 is 13.2 Å². The number of benzene rings is 1. The quantitative estimate of drug-likeness (QED) is 0.797. The topological polar surface area (TPSA) is 12.9 Å². The molecule has 0 radical (unpaired) electrons. The molecule has 1 nitrogen and oxygen atoms in total. The van der Waals surface area contributed by atoms with E-state index in [4.69, 9.17) is 0 Å². The van der Waals surface area contributed by atoms with E-state index in [9.17, 15) is 13.2 Å². The molecule has 0 saturated carbocycles. The van der Waals surface area contributed by atoms with Gasteiger partial charge in [-0.2, -0.15) is 13.2 Å². The van der Waals surface area contributed by atoms with Crippen molar-refractivity contribution in [3.8, 4) is 0 Å². The zero-order chi connectivity index (χ0) is 14.8. The van der Waals surface area contributed by atoms with E-state index in [1.54, 1.807) is 31.2 Å². The van der Waals surface area contributed by atoms with Gasteiger partial charge in [0.15, 0.2) is 0 Å². The Balaban J connectivity index is 2.52. The second-order valence-electron chi connectivity index (χ2n) is 5.23. The lowest BCUT2D eigenvalue weighted by atomic mass is 9.74. The van der Waals surface area contributed by atoms with Crippen LogP contribution >= 0.6 is 0 Å². The molecular formula is C16H16F3N. The first kappa shape index (κ1) is 14.6. The van der Waals surface area contributed by atoms with Crippen LogP contribution in [0, 0.1) is 6.92 Å². The highest BCUT2D eigenvalue weighted by molar-refractivity contribution is 5.38. The molecule has 1 aromatic carbocycles. The number of halogens is 3. The highest BCUT2D eigenvalue weighted by Gasteiger charge is 2.41. The van der Waals surface area contributed by atoms with Crippen LogP contribution < -0.4 is 0 Å². The minimum Gasteiger partial charge on any atom is -0.265 e. The van der Waals surface area contributed by atoms with Crippen LogP contribution in [0.3, 0.4) is 0 Å². The van der Waals surface area contributed by atoms with Crippen molar-refractivity contribution in [1.29, 1.82) is 0 Å². The van der Waals surface area contributed by atoms with Gasteiger partial charge < -0.3 is 0 Å². The molecule has 2 aromatic rings. The number of hydrogen-bond donors (Lipinski definition) is 0. The van der Waals surface area contributed by atoms with Gasteiger partial charge in [0, 0.05) is 17.8 Å². The second kappa shape index (κ2) is 5.27. The molecule has 4 heteroatoms. The van der Waals surface area contributed by atoms with Gasteiger partial charge in [-0.1, -0.05) is 36.8 Å². The van der Waals surface area contributed by atoms with Crippen LogP contribution in [0.15, 0.2) is 48.8 Å². The third-order valence-electron chi connectivity index (χ3n) is 3.56. The molecule has 0 bridgehead atoms. The summed E-state index contributed by atoms with van der Waals surface area (Å²) >= 11 is 0. The van der Waals surface area contributed by atoms with Gasteiger partial charge in [-0.15, -0.1) is 0 Å². The van der Waals surface area contributed by atoms with Crippen LogP contribution in [0.2, 0.25) is 0 Å². The summed E-state index contributed by atoms with van der Waals surface area (Å²) in [5, 5.41) is 0. The number of aromatic nitrogens is 1. The molecule has 20 heavy (non-hydrogen) atoms. The monoisotopic (exact) mass is 279 g/mol. The molecule has 106 valence electrons. The Morgan fingerprint density at radius 3 is 1.90 bits per heavy atom. The molecule has 0 amide bonds. The molecule has 0 aliphatic rings. The third-order valence-corrected chi connectivity index (χ3v) is 3.56. The molecule has 1 unspecified atom stereocenters. The van der Waals surface area contributed by atoms with Crippen LogP contribution in [-0.4, -0.2) is 11.2 Å². The molecule has 1 heterocycles. The van der Waals surface area contributed by atoms with E-state index in [1.807, 2.05) is 19.1 Å². The number of hydrogen-bond acceptors (Lipinski definition) is 1. The van der Waals surface area contributed by atoms with Crippen molar-refractivity contribution in [2.75, 3.05) is 0 Å². The summed E-state index contributed by atoms with van der Waals surface area (Å²) in [6.45, 7) is 3.54. The second-order valence-corrected chi connectivity index (χ2v) is 5.23. The largest absolute Gasteiger partial charge is 0.390 e. The van der Waals surface area contributed by atoms with E-state index in [0.29, 0.717) is 11.1 Å².